The van der Waals surface area contributed by atoms with Crippen molar-refractivity contribution in [1.82, 2.24) is 0 Å². The third-order valence-corrected chi connectivity index (χ3v) is 3.61. The summed E-state index contributed by atoms with van der Waals surface area (Å²) in [5.74, 6) is -0.522. The van der Waals surface area contributed by atoms with Gasteiger partial charge in [0.15, 0.2) is 0 Å². The molecular weight excluding hydrogens is 295 g/mol. The molecule has 0 aromatic heterocycles. The molecular formula is C14H10BrFN2. The number of nitrogens with zero attached hydrogens (tertiary/aromatic N) is 1. The molecule has 0 bridgehead atoms. The molecule has 18 heavy (non-hydrogen) atoms. The minimum atomic E-state index is -0.522. The molecule has 0 aliphatic heterocycles. The number of nitrogens with one attached hydrogen (secondary N) is 1. The Hall–Kier alpha value is -1.86. The third kappa shape index (κ3) is 2.52. The number of rotatable bonds is 2. The van der Waals surface area contributed by atoms with Crippen LogP contribution in [0.1, 0.15) is 11.1 Å². The van der Waals surface area contributed by atoms with Crippen LogP contribution in [0.3, 0.4) is 0 Å². The van der Waals surface area contributed by atoms with Crippen molar-refractivity contribution in [2.45, 2.75) is 6.92 Å². The van der Waals surface area contributed by atoms with Crippen molar-refractivity contribution < 1.29 is 4.39 Å². The highest BCUT2D eigenvalue weighted by atomic mass is 79.9. The molecule has 2 aromatic carbocycles. The Labute approximate surface area is 113 Å². The topological polar surface area (TPSA) is 35.8 Å². The van der Waals surface area contributed by atoms with E-state index in [4.69, 9.17) is 5.26 Å². The second kappa shape index (κ2) is 5.19. The summed E-state index contributed by atoms with van der Waals surface area (Å²) in [7, 11) is 0. The number of halogens is 2. The quantitative estimate of drug-likeness (QED) is 0.886. The number of anilines is 2. The molecule has 0 saturated carbocycles. The Bertz CT molecular complexity index is 632. The third-order valence-electron chi connectivity index (χ3n) is 2.56. The van der Waals surface area contributed by atoms with Gasteiger partial charge in [0, 0.05) is 10.2 Å². The van der Waals surface area contributed by atoms with E-state index in [0.29, 0.717) is 5.69 Å². The van der Waals surface area contributed by atoms with E-state index < -0.39 is 5.82 Å². The largest absolute Gasteiger partial charge is 0.355 e. The summed E-state index contributed by atoms with van der Waals surface area (Å²) in [6.07, 6.45) is 0. The number of hydrogen-bond acceptors (Lipinski definition) is 2. The summed E-state index contributed by atoms with van der Waals surface area (Å²) in [5.41, 5.74) is 2.61. The zero-order valence-electron chi connectivity index (χ0n) is 9.67. The first-order valence-corrected chi connectivity index (χ1v) is 6.13. The minimum Gasteiger partial charge on any atom is -0.355 e. The van der Waals surface area contributed by atoms with Gasteiger partial charge in [0.1, 0.15) is 11.9 Å². The molecule has 0 radical (unpaired) electrons. The maximum Gasteiger partial charge on any atom is 0.143 e. The van der Waals surface area contributed by atoms with E-state index >= 15 is 0 Å². The van der Waals surface area contributed by atoms with Gasteiger partial charge in [-0.15, -0.1) is 0 Å². The van der Waals surface area contributed by atoms with Crippen molar-refractivity contribution in [3.8, 4) is 6.07 Å². The average Bonchev–Trinajstić information content (AvgIpc) is 2.35. The summed E-state index contributed by atoms with van der Waals surface area (Å²) < 4.78 is 14.4. The van der Waals surface area contributed by atoms with E-state index in [1.165, 1.54) is 12.1 Å². The first kappa shape index (κ1) is 12.6. The predicted molar refractivity (Wildman–Crippen MR) is 73.3 cm³/mol. The number of benzene rings is 2. The lowest BCUT2D eigenvalue weighted by atomic mass is 10.2. The highest BCUT2D eigenvalue weighted by molar-refractivity contribution is 9.10. The highest BCUT2D eigenvalue weighted by Gasteiger charge is 2.05. The molecule has 0 amide bonds. The lowest BCUT2D eigenvalue weighted by molar-refractivity contribution is 0.624. The molecule has 90 valence electrons. The SMILES string of the molecule is Cc1cccc(Nc2ccc(C#N)c(F)c2)c1Br. The molecule has 0 aliphatic rings. The fourth-order valence-electron chi connectivity index (χ4n) is 1.58. The lowest BCUT2D eigenvalue weighted by Gasteiger charge is -2.10. The van der Waals surface area contributed by atoms with Crippen LogP contribution in [0.2, 0.25) is 0 Å². The fourth-order valence-corrected chi connectivity index (χ4v) is 1.95. The molecule has 0 atom stereocenters. The van der Waals surface area contributed by atoms with Crippen LogP contribution in [0, 0.1) is 24.1 Å². The Balaban J connectivity index is 2.32. The van der Waals surface area contributed by atoms with Gasteiger partial charge >= 0.3 is 0 Å². The maximum absolute atomic E-state index is 13.5. The van der Waals surface area contributed by atoms with Gasteiger partial charge in [-0.2, -0.15) is 5.26 Å². The van der Waals surface area contributed by atoms with Crippen molar-refractivity contribution in [2.24, 2.45) is 0 Å². The molecule has 0 spiro atoms. The molecule has 0 aliphatic carbocycles. The Kier molecular flexibility index (Phi) is 3.63. The van der Waals surface area contributed by atoms with Gasteiger partial charge in [0.2, 0.25) is 0 Å². The van der Waals surface area contributed by atoms with Gasteiger partial charge in [-0.1, -0.05) is 12.1 Å². The molecule has 0 saturated heterocycles. The molecule has 2 aromatic rings. The van der Waals surface area contributed by atoms with Gasteiger partial charge < -0.3 is 5.32 Å². The van der Waals surface area contributed by atoms with Crippen molar-refractivity contribution in [2.75, 3.05) is 5.32 Å². The van der Waals surface area contributed by atoms with Crippen molar-refractivity contribution in [1.29, 1.82) is 5.26 Å². The smallest absolute Gasteiger partial charge is 0.143 e. The van der Waals surface area contributed by atoms with Crippen molar-refractivity contribution in [3.63, 3.8) is 0 Å². The highest BCUT2D eigenvalue weighted by Crippen LogP contribution is 2.29. The number of aryl methyl sites for hydroxylation is 1. The van der Waals surface area contributed by atoms with Crippen LogP contribution in [0.25, 0.3) is 0 Å². The number of nitriles is 1. The first-order chi connectivity index (χ1) is 8.61. The molecule has 0 unspecified atom stereocenters. The van der Waals surface area contributed by atoms with E-state index in [9.17, 15) is 4.39 Å². The van der Waals surface area contributed by atoms with E-state index in [1.54, 1.807) is 12.1 Å². The van der Waals surface area contributed by atoms with Crippen LogP contribution in [0.15, 0.2) is 40.9 Å². The Morgan fingerprint density at radius 2 is 2.06 bits per heavy atom. The van der Waals surface area contributed by atoms with Gasteiger partial charge in [-0.05, 0) is 52.7 Å². The molecule has 0 fully saturated rings. The second-order valence-electron chi connectivity index (χ2n) is 3.87. The van der Waals surface area contributed by atoms with Crippen LogP contribution in [0.4, 0.5) is 15.8 Å². The molecule has 1 N–H and O–H groups in total. The van der Waals surface area contributed by atoms with Crippen molar-refractivity contribution >= 4 is 27.3 Å². The monoisotopic (exact) mass is 304 g/mol. The average molecular weight is 305 g/mol. The molecule has 2 nitrogen and oxygen atoms in total. The van der Waals surface area contributed by atoms with Crippen LogP contribution in [-0.4, -0.2) is 0 Å². The van der Waals surface area contributed by atoms with Crippen LogP contribution in [-0.2, 0) is 0 Å². The standard InChI is InChI=1S/C14H10BrFN2/c1-9-3-2-4-13(14(9)15)18-11-6-5-10(8-17)12(16)7-11/h2-7,18H,1H3. The predicted octanol–water partition coefficient (Wildman–Crippen LogP) is 4.51. The lowest BCUT2D eigenvalue weighted by Crippen LogP contribution is -1.94. The maximum atomic E-state index is 13.5. The zero-order chi connectivity index (χ0) is 13.1. The zero-order valence-corrected chi connectivity index (χ0v) is 11.3. The molecule has 4 heteroatoms. The van der Waals surface area contributed by atoms with Crippen molar-refractivity contribution in [3.05, 3.63) is 57.8 Å². The minimum absolute atomic E-state index is 0.0452. The van der Waals surface area contributed by atoms with Crippen LogP contribution in [0.5, 0.6) is 0 Å². The van der Waals surface area contributed by atoms with E-state index in [2.05, 4.69) is 21.2 Å². The van der Waals surface area contributed by atoms with Gasteiger partial charge in [0.25, 0.3) is 0 Å². The summed E-state index contributed by atoms with van der Waals surface area (Å²) in [6.45, 7) is 1.98. The summed E-state index contributed by atoms with van der Waals surface area (Å²) in [6, 6.07) is 12.0. The van der Waals surface area contributed by atoms with Crippen LogP contribution >= 0.6 is 15.9 Å². The Morgan fingerprint density at radius 1 is 1.28 bits per heavy atom. The second-order valence-corrected chi connectivity index (χ2v) is 4.66. The normalized spacial score (nSPS) is 9.89. The van der Waals surface area contributed by atoms with Gasteiger partial charge in [0.05, 0.1) is 11.3 Å². The number of hydrogen-bond donors (Lipinski definition) is 1. The molecule has 2 rings (SSSR count). The van der Waals surface area contributed by atoms with Crippen LogP contribution < -0.4 is 5.32 Å². The summed E-state index contributed by atoms with van der Waals surface area (Å²) >= 11 is 3.48. The fraction of sp³-hybridized carbons (Fsp3) is 0.0714. The van der Waals surface area contributed by atoms with Gasteiger partial charge in [-0.25, -0.2) is 4.39 Å². The summed E-state index contributed by atoms with van der Waals surface area (Å²) in [4.78, 5) is 0. The van der Waals surface area contributed by atoms with E-state index in [-0.39, 0.29) is 5.56 Å². The van der Waals surface area contributed by atoms with E-state index in [0.717, 1.165) is 15.7 Å². The Morgan fingerprint density at radius 3 is 2.72 bits per heavy atom. The van der Waals surface area contributed by atoms with E-state index in [1.807, 2.05) is 25.1 Å². The van der Waals surface area contributed by atoms with Gasteiger partial charge in [-0.3, -0.25) is 0 Å². The first-order valence-electron chi connectivity index (χ1n) is 5.33. The summed E-state index contributed by atoms with van der Waals surface area (Å²) in [5, 5.41) is 11.8. The molecule has 0 heterocycles.